The number of methoxy groups -OCH3 is 4. The normalized spacial score (nSPS) is 10.1. The lowest BCUT2D eigenvalue weighted by Gasteiger charge is -2.14. The average Bonchev–Trinajstić information content (AvgIpc) is 2.53. The van der Waals surface area contributed by atoms with Gasteiger partial charge in [0, 0.05) is 6.07 Å². The second-order valence-corrected chi connectivity index (χ2v) is 4.27. The van der Waals surface area contributed by atoms with E-state index in [0.29, 0.717) is 28.7 Å². The summed E-state index contributed by atoms with van der Waals surface area (Å²) in [7, 11) is 6.26. The molecule has 111 valence electrons. The van der Waals surface area contributed by atoms with E-state index in [4.69, 9.17) is 24.7 Å². The maximum absolute atomic E-state index is 5.94. The Morgan fingerprint density at radius 1 is 0.857 bits per heavy atom. The number of anilines is 1. The third-order valence-electron chi connectivity index (χ3n) is 3.12. The van der Waals surface area contributed by atoms with E-state index in [1.807, 2.05) is 24.3 Å². The van der Waals surface area contributed by atoms with Gasteiger partial charge in [0.15, 0.2) is 11.5 Å². The summed E-state index contributed by atoms with van der Waals surface area (Å²) in [6, 6.07) is 10.5. The molecule has 0 aliphatic carbocycles. The van der Waals surface area contributed by atoms with Gasteiger partial charge in [-0.05, 0) is 29.3 Å². The fraction of sp³-hybridized carbons (Fsp3) is 0.250. The number of nitrogen functional groups attached to an aromatic ring is 1. The number of hydrogen-bond donors (Lipinski definition) is 1. The van der Waals surface area contributed by atoms with Gasteiger partial charge in [0.1, 0.15) is 5.75 Å². The summed E-state index contributed by atoms with van der Waals surface area (Å²) in [5.74, 6) is 2.18. The van der Waals surface area contributed by atoms with Crippen LogP contribution in [0.15, 0.2) is 24.3 Å². The smallest absolute Gasteiger partial charge is 0.203 e. The highest BCUT2D eigenvalue weighted by atomic mass is 16.5. The SMILES string of the molecule is COc1[c]c(-c2ccc(OC)c(N)c2)cc(OC)c1OC. The van der Waals surface area contributed by atoms with Crippen LogP contribution in [0.1, 0.15) is 0 Å². The van der Waals surface area contributed by atoms with E-state index in [-0.39, 0.29) is 0 Å². The van der Waals surface area contributed by atoms with Gasteiger partial charge < -0.3 is 24.7 Å². The number of benzene rings is 2. The van der Waals surface area contributed by atoms with Crippen molar-refractivity contribution in [1.82, 2.24) is 0 Å². The Kier molecular flexibility index (Phi) is 4.42. The zero-order valence-electron chi connectivity index (χ0n) is 12.5. The van der Waals surface area contributed by atoms with E-state index in [1.165, 1.54) is 0 Å². The van der Waals surface area contributed by atoms with Gasteiger partial charge in [0.25, 0.3) is 0 Å². The Morgan fingerprint density at radius 2 is 1.57 bits per heavy atom. The molecule has 0 atom stereocenters. The van der Waals surface area contributed by atoms with Crippen molar-refractivity contribution >= 4 is 5.69 Å². The zero-order valence-corrected chi connectivity index (χ0v) is 12.5. The summed E-state index contributed by atoms with van der Waals surface area (Å²) in [6.45, 7) is 0. The molecule has 0 aliphatic heterocycles. The first kappa shape index (κ1) is 14.8. The van der Waals surface area contributed by atoms with Gasteiger partial charge in [-0.2, -0.15) is 0 Å². The highest BCUT2D eigenvalue weighted by Gasteiger charge is 2.15. The minimum absolute atomic E-state index is 0.473. The molecule has 2 aromatic carbocycles. The summed E-state index contributed by atoms with van der Waals surface area (Å²) in [4.78, 5) is 0. The fourth-order valence-electron chi connectivity index (χ4n) is 2.07. The molecular formula is C16H18NO4. The molecule has 2 N–H and O–H groups in total. The van der Waals surface area contributed by atoms with E-state index < -0.39 is 0 Å². The van der Waals surface area contributed by atoms with Gasteiger partial charge in [0.05, 0.1) is 34.1 Å². The minimum atomic E-state index is 0.473. The molecule has 1 radical (unpaired) electrons. The summed E-state index contributed by atoms with van der Waals surface area (Å²) >= 11 is 0. The van der Waals surface area contributed by atoms with Crippen LogP contribution in [0.4, 0.5) is 5.69 Å². The zero-order chi connectivity index (χ0) is 15.4. The molecule has 0 fully saturated rings. The van der Waals surface area contributed by atoms with Gasteiger partial charge >= 0.3 is 0 Å². The molecule has 2 rings (SSSR count). The van der Waals surface area contributed by atoms with Crippen molar-refractivity contribution in [2.24, 2.45) is 0 Å². The molecule has 5 nitrogen and oxygen atoms in total. The van der Waals surface area contributed by atoms with Crippen molar-refractivity contribution in [3.8, 4) is 34.1 Å². The Hall–Kier alpha value is -2.56. The first-order chi connectivity index (χ1) is 10.1. The van der Waals surface area contributed by atoms with Gasteiger partial charge in [0.2, 0.25) is 5.75 Å². The summed E-state index contributed by atoms with van der Waals surface area (Å²) in [5, 5.41) is 0. The third kappa shape index (κ3) is 2.81. The number of hydrogen-bond acceptors (Lipinski definition) is 5. The van der Waals surface area contributed by atoms with Crippen LogP contribution in [0.3, 0.4) is 0 Å². The maximum atomic E-state index is 5.94. The second kappa shape index (κ2) is 6.26. The van der Waals surface area contributed by atoms with Crippen molar-refractivity contribution < 1.29 is 18.9 Å². The first-order valence-corrected chi connectivity index (χ1v) is 6.30. The Balaban J connectivity index is 2.56. The van der Waals surface area contributed by atoms with Gasteiger partial charge in [-0.25, -0.2) is 0 Å². The lowest BCUT2D eigenvalue weighted by molar-refractivity contribution is 0.324. The van der Waals surface area contributed by atoms with Crippen LogP contribution in [0.2, 0.25) is 0 Å². The largest absolute Gasteiger partial charge is 0.495 e. The van der Waals surface area contributed by atoms with Crippen molar-refractivity contribution in [2.75, 3.05) is 34.2 Å². The standard InChI is InChI=1S/C16H18NO4/c1-18-13-6-5-10(7-12(13)17)11-8-14(19-2)16(21-4)15(9-11)20-3/h5-8H,17H2,1-4H3. The molecule has 0 aromatic heterocycles. The fourth-order valence-corrected chi connectivity index (χ4v) is 2.07. The highest BCUT2D eigenvalue weighted by Crippen LogP contribution is 2.41. The topological polar surface area (TPSA) is 62.9 Å². The van der Waals surface area contributed by atoms with Crippen LogP contribution < -0.4 is 24.7 Å². The Labute approximate surface area is 124 Å². The van der Waals surface area contributed by atoms with Gasteiger partial charge in [-0.15, -0.1) is 0 Å². The van der Waals surface area contributed by atoms with Crippen LogP contribution in [0.5, 0.6) is 23.0 Å². The number of nitrogens with two attached hydrogens (primary N) is 1. The molecule has 21 heavy (non-hydrogen) atoms. The predicted octanol–water partition coefficient (Wildman–Crippen LogP) is 2.77. The molecule has 5 heteroatoms. The minimum Gasteiger partial charge on any atom is -0.495 e. The lowest BCUT2D eigenvalue weighted by Crippen LogP contribution is -1.97. The van der Waals surface area contributed by atoms with E-state index in [0.717, 1.165) is 11.1 Å². The van der Waals surface area contributed by atoms with Crippen molar-refractivity contribution in [3.63, 3.8) is 0 Å². The van der Waals surface area contributed by atoms with Crippen LogP contribution in [0.25, 0.3) is 11.1 Å². The summed E-state index contributed by atoms with van der Waals surface area (Å²) < 4.78 is 21.1. The molecular weight excluding hydrogens is 270 g/mol. The third-order valence-corrected chi connectivity index (χ3v) is 3.12. The lowest BCUT2D eigenvalue weighted by atomic mass is 10.0. The monoisotopic (exact) mass is 288 g/mol. The Bertz CT molecular complexity index is 615. The van der Waals surface area contributed by atoms with Crippen LogP contribution in [-0.4, -0.2) is 28.4 Å². The summed E-state index contributed by atoms with van der Waals surface area (Å²) in [6.07, 6.45) is 0. The Morgan fingerprint density at radius 3 is 2.10 bits per heavy atom. The first-order valence-electron chi connectivity index (χ1n) is 6.30. The molecule has 0 amide bonds. The molecule has 0 aliphatic rings. The van der Waals surface area contributed by atoms with Crippen LogP contribution in [0, 0.1) is 6.07 Å². The molecule has 0 spiro atoms. The van der Waals surface area contributed by atoms with Crippen LogP contribution in [-0.2, 0) is 0 Å². The molecule has 0 saturated carbocycles. The molecule has 0 saturated heterocycles. The average molecular weight is 288 g/mol. The molecule has 2 aromatic rings. The van der Waals surface area contributed by atoms with E-state index >= 15 is 0 Å². The second-order valence-electron chi connectivity index (χ2n) is 4.27. The molecule has 0 heterocycles. The van der Waals surface area contributed by atoms with Gasteiger partial charge in [-0.3, -0.25) is 0 Å². The van der Waals surface area contributed by atoms with Crippen molar-refractivity contribution in [2.45, 2.75) is 0 Å². The van der Waals surface area contributed by atoms with Crippen molar-refractivity contribution in [3.05, 3.63) is 30.3 Å². The molecule has 0 unspecified atom stereocenters. The van der Waals surface area contributed by atoms with Crippen molar-refractivity contribution in [1.29, 1.82) is 0 Å². The van der Waals surface area contributed by atoms with E-state index in [9.17, 15) is 0 Å². The maximum Gasteiger partial charge on any atom is 0.203 e. The quantitative estimate of drug-likeness (QED) is 0.857. The summed E-state index contributed by atoms with van der Waals surface area (Å²) in [5.41, 5.74) is 8.17. The van der Waals surface area contributed by atoms with Crippen LogP contribution >= 0.6 is 0 Å². The molecule has 0 bridgehead atoms. The number of ether oxygens (including phenoxy) is 4. The number of rotatable bonds is 5. The van der Waals surface area contributed by atoms with E-state index in [1.54, 1.807) is 28.4 Å². The van der Waals surface area contributed by atoms with E-state index in [2.05, 4.69) is 6.07 Å². The highest BCUT2D eigenvalue weighted by molar-refractivity contribution is 5.74. The van der Waals surface area contributed by atoms with Gasteiger partial charge in [-0.1, -0.05) is 6.07 Å². The predicted molar refractivity (Wildman–Crippen MR) is 81.3 cm³/mol.